The van der Waals surface area contributed by atoms with Crippen molar-refractivity contribution in [2.45, 2.75) is 56.8 Å². The quantitative estimate of drug-likeness (QED) is 0.243. The highest BCUT2D eigenvalue weighted by Crippen LogP contribution is 2.24. The molecule has 0 aromatic heterocycles. The van der Waals surface area contributed by atoms with Gasteiger partial charge in [0.1, 0.15) is 18.1 Å². The first-order chi connectivity index (χ1) is 16.8. The molecule has 1 saturated heterocycles. The van der Waals surface area contributed by atoms with Crippen molar-refractivity contribution >= 4 is 41.9 Å². The molecule has 10 nitrogen and oxygen atoms in total. The summed E-state index contributed by atoms with van der Waals surface area (Å²) in [6.45, 7) is 1.92. The zero-order valence-electron chi connectivity index (χ0n) is 20.3. The standard InChI is InChI=1S/C24H34N4O6S/c1-16-13-19(27-22(31)18(26-15-29)10-12-35-3)24(33)28(16)20(14-17-7-5-4-6-8-17)23(32)25-11-9-21(30)34-2/h4-8,15-16,18-20H,9-14H2,1-3H3,(H,25,32)(H,26,29)(H,27,31)/t16?,18-,19-,20-/m0/s1. The Hall–Kier alpha value is -3.08. The SMILES string of the molecule is COC(=O)CCNC(=O)[C@H](Cc1ccccc1)N1C(=O)[C@@H](NC(=O)[C@H](CCSC)NC=O)CC1C. The lowest BCUT2D eigenvalue weighted by Gasteiger charge is -2.31. The van der Waals surface area contributed by atoms with E-state index in [0.717, 1.165) is 5.56 Å². The highest BCUT2D eigenvalue weighted by atomic mass is 32.2. The second-order valence-electron chi connectivity index (χ2n) is 8.33. The first-order valence-corrected chi connectivity index (χ1v) is 12.9. The van der Waals surface area contributed by atoms with Crippen LogP contribution in [0.25, 0.3) is 0 Å². The fourth-order valence-corrected chi connectivity index (χ4v) is 4.55. The monoisotopic (exact) mass is 506 g/mol. The van der Waals surface area contributed by atoms with Crippen LogP contribution in [-0.2, 0) is 35.1 Å². The van der Waals surface area contributed by atoms with Crippen LogP contribution in [0, 0.1) is 0 Å². The lowest BCUT2D eigenvalue weighted by molar-refractivity contribution is -0.142. The van der Waals surface area contributed by atoms with Gasteiger partial charge in [-0.05, 0) is 37.3 Å². The molecular weight excluding hydrogens is 472 g/mol. The Morgan fingerprint density at radius 1 is 1.23 bits per heavy atom. The van der Waals surface area contributed by atoms with Crippen LogP contribution < -0.4 is 16.0 Å². The van der Waals surface area contributed by atoms with Gasteiger partial charge in [0.05, 0.1) is 13.5 Å². The number of carbonyl (C=O) groups is 5. The highest BCUT2D eigenvalue weighted by Gasteiger charge is 2.44. The van der Waals surface area contributed by atoms with E-state index in [4.69, 9.17) is 0 Å². The van der Waals surface area contributed by atoms with Gasteiger partial charge >= 0.3 is 5.97 Å². The van der Waals surface area contributed by atoms with Gasteiger partial charge in [-0.3, -0.25) is 24.0 Å². The molecule has 0 aliphatic carbocycles. The first kappa shape index (κ1) is 28.2. The molecule has 35 heavy (non-hydrogen) atoms. The summed E-state index contributed by atoms with van der Waals surface area (Å²) in [4.78, 5) is 63.1. The van der Waals surface area contributed by atoms with Gasteiger partial charge in [-0.2, -0.15) is 11.8 Å². The summed E-state index contributed by atoms with van der Waals surface area (Å²) in [6.07, 6.45) is 3.45. The van der Waals surface area contributed by atoms with E-state index in [-0.39, 0.29) is 37.2 Å². The maximum atomic E-state index is 13.4. The second kappa shape index (κ2) is 14.3. The Labute approximate surface area is 209 Å². The number of hydrogen-bond donors (Lipinski definition) is 3. The minimum Gasteiger partial charge on any atom is -0.469 e. The number of methoxy groups -OCH3 is 1. The van der Waals surface area contributed by atoms with Crippen molar-refractivity contribution in [1.82, 2.24) is 20.9 Å². The van der Waals surface area contributed by atoms with Crippen molar-refractivity contribution in [2.24, 2.45) is 0 Å². The smallest absolute Gasteiger partial charge is 0.307 e. The van der Waals surface area contributed by atoms with Gasteiger partial charge in [0, 0.05) is 19.0 Å². The zero-order chi connectivity index (χ0) is 25.8. The molecule has 0 bridgehead atoms. The first-order valence-electron chi connectivity index (χ1n) is 11.5. The van der Waals surface area contributed by atoms with E-state index in [1.165, 1.54) is 12.0 Å². The van der Waals surface area contributed by atoms with Gasteiger partial charge in [-0.1, -0.05) is 30.3 Å². The lowest BCUT2D eigenvalue weighted by atomic mass is 10.0. The summed E-state index contributed by atoms with van der Waals surface area (Å²) in [6, 6.07) is 6.66. The molecule has 1 heterocycles. The number of rotatable bonds is 14. The van der Waals surface area contributed by atoms with Crippen LogP contribution in [0.5, 0.6) is 0 Å². The van der Waals surface area contributed by atoms with Crippen LogP contribution in [0.1, 0.15) is 31.7 Å². The number of carbonyl (C=O) groups excluding carboxylic acids is 5. The molecule has 0 spiro atoms. The third-order valence-corrected chi connectivity index (χ3v) is 6.53. The lowest BCUT2D eigenvalue weighted by Crippen LogP contribution is -2.54. The molecule has 1 aromatic rings. The van der Waals surface area contributed by atoms with Crippen LogP contribution >= 0.6 is 11.8 Å². The van der Waals surface area contributed by atoms with Gasteiger partial charge in [0.2, 0.25) is 24.1 Å². The van der Waals surface area contributed by atoms with Crippen molar-refractivity contribution in [3.8, 4) is 0 Å². The predicted octanol–water partition coefficient (Wildman–Crippen LogP) is 0.250. The van der Waals surface area contributed by atoms with E-state index in [1.54, 1.807) is 11.8 Å². The maximum absolute atomic E-state index is 13.4. The molecule has 0 saturated carbocycles. The van der Waals surface area contributed by atoms with Gasteiger partial charge in [0.25, 0.3) is 0 Å². The average Bonchev–Trinajstić information content (AvgIpc) is 3.12. The third kappa shape index (κ3) is 8.27. The Morgan fingerprint density at radius 3 is 2.57 bits per heavy atom. The van der Waals surface area contributed by atoms with Crippen molar-refractivity contribution in [2.75, 3.05) is 25.7 Å². The molecule has 192 valence electrons. The Balaban J connectivity index is 2.16. The zero-order valence-corrected chi connectivity index (χ0v) is 21.1. The molecule has 4 amide bonds. The Kier molecular flexibility index (Phi) is 11.5. The summed E-state index contributed by atoms with van der Waals surface area (Å²) in [5.74, 6) is -0.945. The van der Waals surface area contributed by atoms with Gasteiger partial charge in [-0.15, -0.1) is 0 Å². The number of likely N-dealkylation sites (tertiary alicyclic amines) is 1. The molecule has 1 aromatic carbocycles. The molecule has 1 aliphatic heterocycles. The van der Waals surface area contributed by atoms with E-state index in [1.807, 2.05) is 43.5 Å². The van der Waals surface area contributed by atoms with Gasteiger partial charge < -0.3 is 25.6 Å². The number of nitrogens with zero attached hydrogens (tertiary/aromatic N) is 1. The highest BCUT2D eigenvalue weighted by molar-refractivity contribution is 7.98. The number of hydrogen-bond acceptors (Lipinski definition) is 7. The maximum Gasteiger partial charge on any atom is 0.307 e. The molecule has 11 heteroatoms. The van der Waals surface area contributed by atoms with Crippen LogP contribution in [0.2, 0.25) is 0 Å². The Morgan fingerprint density at radius 2 is 1.94 bits per heavy atom. The molecule has 1 aliphatic rings. The van der Waals surface area contributed by atoms with Crippen LogP contribution in [-0.4, -0.2) is 84.8 Å². The largest absolute Gasteiger partial charge is 0.469 e. The van der Waals surface area contributed by atoms with Crippen molar-refractivity contribution in [3.05, 3.63) is 35.9 Å². The topological polar surface area (TPSA) is 134 Å². The fraction of sp³-hybridized carbons (Fsp3) is 0.542. The van der Waals surface area contributed by atoms with Gasteiger partial charge in [0.15, 0.2) is 0 Å². The summed E-state index contributed by atoms with van der Waals surface area (Å²) >= 11 is 1.55. The van der Waals surface area contributed by atoms with Crippen molar-refractivity contribution < 1.29 is 28.7 Å². The Bertz CT molecular complexity index is 884. The van der Waals surface area contributed by atoms with E-state index in [0.29, 0.717) is 25.0 Å². The summed E-state index contributed by atoms with van der Waals surface area (Å²) in [7, 11) is 1.28. The second-order valence-corrected chi connectivity index (χ2v) is 9.32. The fourth-order valence-electron chi connectivity index (χ4n) is 4.08. The van der Waals surface area contributed by atoms with E-state index in [2.05, 4.69) is 20.7 Å². The molecule has 3 N–H and O–H groups in total. The molecule has 4 atom stereocenters. The number of nitrogens with one attached hydrogen (secondary N) is 3. The van der Waals surface area contributed by atoms with Crippen LogP contribution in [0.3, 0.4) is 0 Å². The van der Waals surface area contributed by atoms with Gasteiger partial charge in [-0.25, -0.2) is 0 Å². The number of ether oxygens (including phenoxy) is 1. The minimum atomic E-state index is -0.820. The minimum absolute atomic E-state index is 0.0175. The number of benzene rings is 1. The third-order valence-electron chi connectivity index (χ3n) is 5.88. The van der Waals surface area contributed by atoms with Crippen molar-refractivity contribution in [1.29, 1.82) is 0 Å². The van der Waals surface area contributed by atoms with E-state index < -0.39 is 30.0 Å². The molecule has 2 rings (SSSR count). The van der Waals surface area contributed by atoms with E-state index >= 15 is 0 Å². The molecule has 1 unspecified atom stereocenters. The number of esters is 1. The number of amides is 4. The van der Waals surface area contributed by atoms with Crippen LogP contribution in [0.4, 0.5) is 0 Å². The molecular formula is C24H34N4O6S. The summed E-state index contributed by atoms with van der Waals surface area (Å²) < 4.78 is 4.61. The molecule has 1 fully saturated rings. The van der Waals surface area contributed by atoms with Crippen molar-refractivity contribution in [3.63, 3.8) is 0 Å². The normalized spacial score (nSPS) is 18.9. The number of thioether (sulfide) groups is 1. The summed E-state index contributed by atoms with van der Waals surface area (Å²) in [5.41, 5.74) is 0.875. The van der Waals surface area contributed by atoms with Crippen LogP contribution in [0.15, 0.2) is 30.3 Å². The van der Waals surface area contributed by atoms with E-state index in [9.17, 15) is 24.0 Å². The average molecular weight is 507 g/mol. The predicted molar refractivity (Wildman–Crippen MR) is 132 cm³/mol. The molecule has 0 radical (unpaired) electrons. The summed E-state index contributed by atoms with van der Waals surface area (Å²) in [5, 5.41) is 7.99.